The number of nitrogens with one attached hydrogen (secondary N) is 1. The average molecular weight is 314 g/mol. The summed E-state index contributed by atoms with van der Waals surface area (Å²) >= 11 is 1.92. The van der Waals surface area contributed by atoms with Crippen LogP contribution in [0.15, 0.2) is 0 Å². The lowest BCUT2D eigenvalue weighted by atomic mass is 9.92. The van der Waals surface area contributed by atoms with Gasteiger partial charge >= 0.3 is 12.0 Å². The quantitative estimate of drug-likeness (QED) is 0.840. The molecule has 1 saturated heterocycles. The number of carbonyl (C=O) groups excluding carboxylic acids is 1. The summed E-state index contributed by atoms with van der Waals surface area (Å²) in [6.45, 7) is 2.49. The molecule has 2 aliphatic rings. The first-order chi connectivity index (χ1) is 10.0. The molecule has 1 aliphatic carbocycles. The first kappa shape index (κ1) is 16.5. The van der Waals surface area contributed by atoms with Gasteiger partial charge in [0.1, 0.15) is 0 Å². The Balaban J connectivity index is 1.80. The summed E-state index contributed by atoms with van der Waals surface area (Å²) in [5.74, 6) is -1.04. The molecule has 0 spiro atoms. The summed E-state index contributed by atoms with van der Waals surface area (Å²) in [5, 5.41) is 12.9. The van der Waals surface area contributed by atoms with Gasteiger partial charge in [-0.05, 0) is 51.7 Å². The second-order valence-electron chi connectivity index (χ2n) is 6.26. The summed E-state index contributed by atoms with van der Waals surface area (Å²) in [6.07, 6.45) is 7.71. The molecule has 2 amide bonds. The van der Waals surface area contributed by atoms with Crippen molar-refractivity contribution in [1.29, 1.82) is 0 Å². The summed E-state index contributed by atoms with van der Waals surface area (Å²) in [5.41, 5.74) is 0. The Morgan fingerprint density at radius 1 is 1.19 bits per heavy atom. The van der Waals surface area contributed by atoms with Crippen LogP contribution in [0.3, 0.4) is 0 Å². The molecule has 0 bridgehead atoms. The smallest absolute Gasteiger partial charge is 0.317 e. The zero-order valence-corrected chi connectivity index (χ0v) is 13.7. The lowest BCUT2D eigenvalue weighted by Crippen LogP contribution is -2.52. The molecule has 1 aliphatic heterocycles. The Labute approximate surface area is 130 Å². The molecule has 21 heavy (non-hydrogen) atoms. The number of carbonyl (C=O) groups is 2. The van der Waals surface area contributed by atoms with E-state index in [0.29, 0.717) is 19.4 Å². The van der Waals surface area contributed by atoms with Crippen LogP contribution in [0.5, 0.6) is 0 Å². The fourth-order valence-corrected chi connectivity index (χ4v) is 4.14. The highest BCUT2D eigenvalue weighted by Crippen LogP contribution is 2.28. The molecule has 120 valence electrons. The summed E-state index contributed by atoms with van der Waals surface area (Å²) in [4.78, 5) is 25.2. The molecule has 2 N–H and O–H groups in total. The lowest BCUT2D eigenvalue weighted by molar-refractivity contribution is -0.143. The Morgan fingerprint density at radius 2 is 1.86 bits per heavy atom. The molecule has 1 heterocycles. The van der Waals surface area contributed by atoms with E-state index in [1.807, 2.05) is 18.7 Å². The number of carboxylic acid groups (broad SMARTS) is 1. The predicted molar refractivity (Wildman–Crippen MR) is 84.6 cm³/mol. The standard InChI is InChI=1S/C15H26N2O3S/c1-10-9-11(14(18)19)7-8-17(10)15(20)16-12-3-5-13(21-2)6-4-12/h10-13H,3-9H2,1-2H3,(H,16,20)(H,18,19). The third kappa shape index (κ3) is 4.28. The molecule has 0 aromatic carbocycles. The number of likely N-dealkylation sites (tertiary alicyclic amines) is 1. The van der Waals surface area contributed by atoms with Gasteiger partial charge in [-0.2, -0.15) is 11.8 Å². The molecular formula is C15H26N2O3S. The molecule has 0 aromatic heterocycles. The van der Waals surface area contributed by atoms with E-state index in [4.69, 9.17) is 5.11 Å². The maximum Gasteiger partial charge on any atom is 0.317 e. The van der Waals surface area contributed by atoms with Crippen LogP contribution >= 0.6 is 11.8 Å². The maximum atomic E-state index is 12.4. The van der Waals surface area contributed by atoms with Gasteiger partial charge in [-0.25, -0.2) is 4.79 Å². The van der Waals surface area contributed by atoms with Crippen LogP contribution in [0.1, 0.15) is 45.4 Å². The lowest BCUT2D eigenvalue weighted by Gasteiger charge is -2.38. The van der Waals surface area contributed by atoms with Gasteiger partial charge in [0.15, 0.2) is 0 Å². The molecule has 5 nitrogen and oxygen atoms in total. The minimum absolute atomic E-state index is 0.00221. The van der Waals surface area contributed by atoms with Crippen LogP contribution in [0.2, 0.25) is 0 Å². The van der Waals surface area contributed by atoms with Gasteiger partial charge < -0.3 is 15.3 Å². The highest BCUT2D eigenvalue weighted by atomic mass is 32.2. The first-order valence-electron chi connectivity index (χ1n) is 7.84. The van der Waals surface area contributed by atoms with E-state index >= 15 is 0 Å². The minimum atomic E-state index is -0.739. The van der Waals surface area contributed by atoms with Crippen LogP contribution in [0, 0.1) is 5.92 Å². The van der Waals surface area contributed by atoms with Gasteiger partial charge in [0, 0.05) is 23.9 Å². The summed E-state index contributed by atoms with van der Waals surface area (Å²) < 4.78 is 0. The van der Waals surface area contributed by atoms with E-state index in [-0.39, 0.29) is 24.0 Å². The fourth-order valence-electron chi connectivity index (χ4n) is 3.40. The third-order valence-electron chi connectivity index (χ3n) is 4.82. The molecule has 6 heteroatoms. The van der Waals surface area contributed by atoms with Gasteiger partial charge in [0.2, 0.25) is 0 Å². The van der Waals surface area contributed by atoms with E-state index in [1.54, 1.807) is 4.90 Å². The second-order valence-corrected chi connectivity index (χ2v) is 7.40. The highest BCUT2D eigenvalue weighted by Gasteiger charge is 2.33. The van der Waals surface area contributed by atoms with Crippen molar-refractivity contribution in [2.75, 3.05) is 12.8 Å². The number of urea groups is 1. The van der Waals surface area contributed by atoms with E-state index in [9.17, 15) is 9.59 Å². The van der Waals surface area contributed by atoms with Crippen LogP contribution in [0.4, 0.5) is 4.79 Å². The summed E-state index contributed by atoms with van der Waals surface area (Å²) in [6, 6.07) is 0.270. The molecule has 0 radical (unpaired) electrons. The van der Waals surface area contributed by atoms with E-state index in [2.05, 4.69) is 11.6 Å². The fraction of sp³-hybridized carbons (Fsp3) is 0.867. The molecule has 2 fully saturated rings. The van der Waals surface area contributed by atoms with Crippen molar-refractivity contribution < 1.29 is 14.7 Å². The van der Waals surface area contributed by atoms with E-state index in [0.717, 1.165) is 18.1 Å². The number of carboxylic acids is 1. The SMILES string of the molecule is CSC1CCC(NC(=O)N2CCC(C(=O)O)CC2C)CC1. The highest BCUT2D eigenvalue weighted by molar-refractivity contribution is 7.99. The van der Waals surface area contributed by atoms with Crippen LogP contribution in [-0.2, 0) is 4.79 Å². The molecule has 2 rings (SSSR count). The number of hydrogen-bond acceptors (Lipinski definition) is 3. The summed E-state index contributed by atoms with van der Waals surface area (Å²) in [7, 11) is 0. The van der Waals surface area contributed by atoms with Crippen molar-refractivity contribution in [3.63, 3.8) is 0 Å². The van der Waals surface area contributed by atoms with E-state index < -0.39 is 5.97 Å². The van der Waals surface area contributed by atoms with Gasteiger partial charge in [-0.15, -0.1) is 0 Å². The maximum absolute atomic E-state index is 12.4. The van der Waals surface area contributed by atoms with Gasteiger partial charge in [-0.3, -0.25) is 4.79 Å². The third-order valence-corrected chi connectivity index (χ3v) is 5.96. The van der Waals surface area contributed by atoms with Crippen LogP contribution in [0.25, 0.3) is 0 Å². The predicted octanol–water partition coefficient (Wildman–Crippen LogP) is 2.56. The van der Waals surface area contributed by atoms with Crippen molar-refractivity contribution in [3.8, 4) is 0 Å². The van der Waals surface area contributed by atoms with Gasteiger partial charge in [0.05, 0.1) is 5.92 Å². The molecular weight excluding hydrogens is 288 g/mol. The largest absolute Gasteiger partial charge is 0.481 e. The molecule has 1 saturated carbocycles. The normalized spacial score (nSPS) is 33.5. The average Bonchev–Trinajstić information content (AvgIpc) is 2.47. The van der Waals surface area contributed by atoms with Crippen molar-refractivity contribution in [2.45, 2.75) is 62.8 Å². The number of hydrogen-bond donors (Lipinski definition) is 2. The van der Waals surface area contributed by atoms with Crippen molar-refractivity contribution in [3.05, 3.63) is 0 Å². The van der Waals surface area contributed by atoms with Gasteiger partial charge in [0.25, 0.3) is 0 Å². The number of rotatable bonds is 3. The van der Waals surface area contributed by atoms with E-state index in [1.165, 1.54) is 12.8 Å². The van der Waals surface area contributed by atoms with Crippen molar-refractivity contribution >= 4 is 23.8 Å². The Kier molecular flexibility index (Phi) is 5.79. The topological polar surface area (TPSA) is 69.6 Å². The number of aliphatic carboxylic acids is 1. The molecule has 2 unspecified atom stereocenters. The first-order valence-corrected chi connectivity index (χ1v) is 9.12. The zero-order valence-electron chi connectivity index (χ0n) is 12.9. The second kappa shape index (κ2) is 7.38. The zero-order chi connectivity index (χ0) is 15.4. The van der Waals surface area contributed by atoms with Crippen molar-refractivity contribution in [1.82, 2.24) is 10.2 Å². The minimum Gasteiger partial charge on any atom is -0.481 e. The monoisotopic (exact) mass is 314 g/mol. The Bertz CT molecular complexity index is 383. The molecule has 2 atom stereocenters. The number of piperidine rings is 1. The number of amides is 2. The van der Waals surface area contributed by atoms with Crippen LogP contribution < -0.4 is 5.32 Å². The van der Waals surface area contributed by atoms with Crippen molar-refractivity contribution in [2.24, 2.45) is 5.92 Å². The van der Waals surface area contributed by atoms with Crippen LogP contribution in [-0.4, -0.2) is 52.1 Å². The Morgan fingerprint density at radius 3 is 2.38 bits per heavy atom. The molecule has 0 aromatic rings. The number of nitrogens with zero attached hydrogens (tertiary/aromatic N) is 1. The Hall–Kier alpha value is -0.910. The van der Waals surface area contributed by atoms with Gasteiger partial charge in [-0.1, -0.05) is 0 Å². The number of thioether (sulfide) groups is 1.